The molecule has 0 unspecified atom stereocenters. The molecule has 1 aromatic carbocycles. The van der Waals surface area contributed by atoms with Crippen molar-refractivity contribution in [3.05, 3.63) is 65.1 Å². The van der Waals surface area contributed by atoms with E-state index in [9.17, 15) is 10.2 Å². The Hall–Kier alpha value is -2.36. The second-order valence-electron chi connectivity index (χ2n) is 8.99. The summed E-state index contributed by atoms with van der Waals surface area (Å²) in [5, 5.41) is 32.9. The molecule has 5 rings (SSSR count). The Labute approximate surface area is 195 Å². The van der Waals surface area contributed by atoms with Crippen LogP contribution in [0.15, 0.2) is 52.6 Å². The SMILES string of the molecule is CC(C)(O)c1nc(-c2cncc([C@@](O)(c3ccc4sccc4c3)C3(C)CNC3)c2)no1.Cl. The van der Waals surface area contributed by atoms with Gasteiger partial charge in [-0.25, -0.2) is 0 Å². The van der Waals surface area contributed by atoms with Crippen LogP contribution < -0.4 is 5.32 Å². The summed E-state index contributed by atoms with van der Waals surface area (Å²) in [6.45, 7) is 6.61. The fraction of sp³-hybridized carbons (Fsp3) is 0.348. The van der Waals surface area contributed by atoms with Crippen molar-refractivity contribution < 1.29 is 14.7 Å². The summed E-state index contributed by atoms with van der Waals surface area (Å²) < 4.78 is 6.40. The summed E-state index contributed by atoms with van der Waals surface area (Å²) in [5.41, 5.74) is -0.808. The summed E-state index contributed by atoms with van der Waals surface area (Å²) in [4.78, 5) is 8.70. The van der Waals surface area contributed by atoms with Crippen LogP contribution in [0, 0.1) is 5.41 Å². The highest BCUT2D eigenvalue weighted by molar-refractivity contribution is 7.17. The molecule has 0 radical (unpaired) electrons. The van der Waals surface area contributed by atoms with Crippen molar-refractivity contribution in [2.75, 3.05) is 13.1 Å². The first-order valence-corrected chi connectivity index (χ1v) is 11.0. The lowest BCUT2D eigenvalue weighted by molar-refractivity contribution is -0.0768. The van der Waals surface area contributed by atoms with Crippen molar-refractivity contribution >= 4 is 33.8 Å². The summed E-state index contributed by atoms with van der Waals surface area (Å²) in [7, 11) is 0. The van der Waals surface area contributed by atoms with Gasteiger partial charge in [0.2, 0.25) is 5.82 Å². The Morgan fingerprint density at radius 1 is 1.09 bits per heavy atom. The number of pyridine rings is 1. The van der Waals surface area contributed by atoms with E-state index in [0.29, 0.717) is 30.0 Å². The van der Waals surface area contributed by atoms with Crippen LogP contribution in [0.1, 0.15) is 37.8 Å². The molecule has 0 bridgehead atoms. The van der Waals surface area contributed by atoms with Crippen molar-refractivity contribution in [1.82, 2.24) is 20.4 Å². The average Bonchev–Trinajstić information content (AvgIpc) is 3.40. The van der Waals surface area contributed by atoms with E-state index in [0.717, 1.165) is 10.9 Å². The van der Waals surface area contributed by atoms with Gasteiger partial charge in [0.15, 0.2) is 0 Å². The van der Waals surface area contributed by atoms with E-state index < -0.39 is 16.6 Å². The first-order chi connectivity index (χ1) is 14.7. The van der Waals surface area contributed by atoms with Gasteiger partial charge in [-0.2, -0.15) is 4.98 Å². The molecule has 0 spiro atoms. The molecule has 0 saturated carbocycles. The Kier molecular flexibility index (Phi) is 5.63. The molecule has 1 aliphatic rings. The number of nitrogens with one attached hydrogen (secondary N) is 1. The van der Waals surface area contributed by atoms with E-state index >= 15 is 0 Å². The molecule has 32 heavy (non-hydrogen) atoms. The highest BCUT2D eigenvalue weighted by Crippen LogP contribution is 2.48. The maximum atomic E-state index is 12.3. The van der Waals surface area contributed by atoms with Crippen LogP contribution in [-0.2, 0) is 11.2 Å². The number of rotatable bonds is 5. The maximum Gasteiger partial charge on any atom is 0.258 e. The number of nitrogens with zero attached hydrogens (tertiary/aromatic N) is 3. The number of hydrogen-bond acceptors (Lipinski definition) is 8. The minimum Gasteiger partial charge on any atom is -0.381 e. The molecule has 0 amide bonds. The summed E-state index contributed by atoms with van der Waals surface area (Å²) in [6.07, 6.45) is 3.33. The molecule has 4 heterocycles. The number of aromatic nitrogens is 3. The molecule has 168 valence electrons. The fourth-order valence-corrected chi connectivity index (χ4v) is 4.93. The Morgan fingerprint density at radius 3 is 2.53 bits per heavy atom. The van der Waals surface area contributed by atoms with Gasteiger partial charge in [0.05, 0.1) is 0 Å². The van der Waals surface area contributed by atoms with E-state index in [1.807, 2.05) is 12.1 Å². The summed E-state index contributed by atoms with van der Waals surface area (Å²) in [5.74, 6) is 0.445. The third-order valence-corrected chi connectivity index (χ3v) is 7.04. The van der Waals surface area contributed by atoms with E-state index in [-0.39, 0.29) is 18.3 Å². The van der Waals surface area contributed by atoms with E-state index in [1.54, 1.807) is 37.6 Å². The Morgan fingerprint density at radius 2 is 1.88 bits per heavy atom. The first-order valence-electron chi connectivity index (χ1n) is 10.1. The van der Waals surface area contributed by atoms with Crippen molar-refractivity contribution in [1.29, 1.82) is 0 Å². The monoisotopic (exact) mass is 472 g/mol. The predicted molar refractivity (Wildman–Crippen MR) is 126 cm³/mol. The standard InChI is InChI=1S/C23H24N4O3S.ClH/c1-21(2,28)20-26-19(27-30-20)15-9-17(11-24-10-15)23(29,22(3)12-25-13-22)16-4-5-18-14(8-16)6-7-31-18;/h4-11,25,28-29H,12-13H2,1-3H3;1H/t23-;/m0./s1. The van der Waals surface area contributed by atoms with Gasteiger partial charge >= 0.3 is 0 Å². The third-order valence-electron chi connectivity index (χ3n) is 6.14. The van der Waals surface area contributed by atoms with Gasteiger partial charge < -0.3 is 20.1 Å². The van der Waals surface area contributed by atoms with Gasteiger partial charge in [0, 0.05) is 46.7 Å². The normalized spacial score (nSPS) is 17.4. The zero-order valence-electron chi connectivity index (χ0n) is 18.0. The lowest BCUT2D eigenvalue weighted by Gasteiger charge is -2.52. The van der Waals surface area contributed by atoms with Crippen LogP contribution in [0.4, 0.5) is 0 Å². The molecule has 7 nitrogen and oxygen atoms in total. The van der Waals surface area contributed by atoms with Crippen LogP contribution in [0.2, 0.25) is 0 Å². The van der Waals surface area contributed by atoms with E-state index in [4.69, 9.17) is 4.52 Å². The molecule has 1 atom stereocenters. The molecule has 4 aromatic rings. The van der Waals surface area contributed by atoms with Gasteiger partial charge in [0.25, 0.3) is 5.89 Å². The van der Waals surface area contributed by atoms with Crippen LogP contribution in [-0.4, -0.2) is 38.4 Å². The van der Waals surface area contributed by atoms with Gasteiger partial charge in [-0.05, 0) is 54.4 Å². The van der Waals surface area contributed by atoms with Crippen molar-refractivity contribution in [2.24, 2.45) is 5.41 Å². The quantitative estimate of drug-likeness (QED) is 0.405. The van der Waals surface area contributed by atoms with E-state index in [2.05, 4.69) is 50.9 Å². The summed E-state index contributed by atoms with van der Waals surface area (Å²) >= 11 is 1.68. The molecule has 1 saturated heterocycles. The molecule has 1 aliphatic heterocycles. The number of benzene rings is 1. The highest BCUT2D eigenvalue weighted by atomic mass is 35.5. The lowest BCUT2D eigenvalue weighted by atomic mass is 9.63. The molecule has 3 aromatic heterocycles. The smallest absolute Gasteiger partial charge is 0.258 e. The molecule has 9 heteroatoms. The average molecular weight is 473 g/mol. The van der Waals surface area contributed by atoms with Crippen molar-refractivity contribution in [3.63, 3.8) is 0 Å². The van der Waals surface area contributed by atoms with Crippen LogP contribution in [0.25, 0.3) is 21.5 Å². The van der Waals surface area contributed by atoms with Gasteiger partial charge in [-0.15, -0.1) is 23.7 Å². The van der Waals surface area contributed by atoms with E-state index in [1.165, 1.54) is 4.70 Å². The molecular weight excluding hydrogens is 448 g/mol. The zero-order valence-corrected chi connectivity index (χ0v) is 19.6. The Bertz CT molecular complexity index is 1260. The fourth-order valence-electron chi connectivity index (χ4n) is 4.16. The van der Waals surface area contributed by atoms with Crippen molar-refractivity contribution in [3.8, 4) is 11.4 Å². The number of aliphatic hydroxyl groups is 2. The number of halogens is 1. The van der Waals surface area contributed by atoms with Crippen LogP contribution >= 0.6 is 23.7 Å². The molecular formula is C23H25ClN4O3S. The molecule has 3 N–H and O–H groups in total. The second kappa shape index (κ2) is 7.90. The number of hydrogen-bond donors (Lipinski definition) is 3. The third kappa shape index (κ3) is 3.52. The largest absolute Gasteiger partial charge is 0.381 e. The minimum atomic E-state index is -1.26. The lowest BCUT2D eigenvalue weighted by Crippen LogP contribution is -2.63. The zero-order chi connectivity index (χ0) is 21.9. The van der Waals surface area contributed by atoms with Crippen molar-refractivity contribution in [2.45, 2.75) is 32.0 Å². The molecule has 0 aliphatic carbocycles. The summed E-state index contributed by atoms with van der Waals surface area (Å²) in [6, 6.07) is 10.0. The first kappa shape index (κ1) is 22.8. The van der Waals surface area contributed by atoms with Gasteiger partial charge in [-0.3, -0.25) is 4.98 Å². The Balaban J connectivity index is 0.00000245. The van der Waals surface area contributed by atoms with Gasteiger partial charge in [-0.1, -0.05) is 18.1 Å². The highest BCUT2D eigenvalue weighted by Gasteiger charge is 2.53. The van der Waals surface area contributed by atoms with Crippen LogP contribution in [0.3, 0.4) is 0 Å². The predicted octanol–water partition coefficient (Wildman–Crippen LogP) is 3.84. The minimum absolute atomic E-state index is 0. The molecule has 1 fully saturated rings. The second-order valence-corrected chi connectivity index (χ2v) is 9.94. The number of thiophene rings is 1. The maximum absolute atomic E-state index is 12.3. The van der Waals surface area contributed by atoms with Crippen LogP contribution in [0.5, 0.6) is 0 Å². The number of fused-ring (bicyclic) bond motifs is 1. The topological polar surface area (TPSA) is 104 Å². The van der Waals surface area contributed by atoms with Gasteiger partial charge in [0.1, 0.15) is 11.2 Å².